The third-order valence-electron chi connectivity index (χ3n) is 4.43. The van der Waals surface area contributed by atoms with Gasteiger partial charge in [-0.05, 0) is 30.5 Å². The number of alkyl halides is 5. The van der Waals surface area contributed by atoms with Crippen LogP contribution in [0.25, 0.3) is 0 Å². The zero-order chi connectivity index (χ0) is 20.5. The lowest BCUT2D eigenvalue weighted by atomic mass is 10.0. The van der Waals surface area contributed by atoms with E-state index in [1.807, 2.05) is 12.1 Å². The summed E-state index contributed by atoms with van der Waals surface area (Å²) in [5.74, 6) is 0.195. The van der Waals surface area contributed by atoms with Crippen molar-refractivity contribution in [1.29, 1.82) is 0 Å². The Morgan fingerprint density at radius 3 is 2.18 bits per heavy atom. The van der Waals surface area contributed by atoms with Gasteiger partial charge in [-0.3, -0.25) is 4.90 Å². The molecule has 2 heterocycles. The van der Waals surface area contributed by atoms with Crippen LogP contribution in [0.1, 0.15) is 21.7 Å². The van der Waals surface area contributed by atoms with E-state index in [9.17, 15) is 22.0 Å². The number of aryl methyl sites for hydroxylation is 2. The number of hydrogen-bond acceptors (Lipinski definition) is 6. The van der Waals surface area contributed by atoms with Gasteiger partial charge < -0.3 is 9.64 Å². The van der Waals surface area contributed by atoms with Gasteiger partial charge >= 0.3 is 12.8 Å². The van der Waals surface area contributed by atoms with Crippen molar-refractivity contribution in [2.45, 2.75) is 33.2 Å². The Bertz CT molecular complexity index is 795. The molecule has 0 saturated carbocycles. The Labute approximate surface area is 162 Å². The van der Waals surface area contributed by atoms with Gasteiger partial charge in [0.05, 0.1) is 0 Å². The van der Waals surface area contributed by atoms with Crippen molar-refractivity contribution in [2.24, 2.45) is 0 Å². The van der Waals surface area contributed by atoms with Crippen LogP contribution in [0.3, 0.4) is 0 Å². The largest absolute Gasteiger partial charge is 0.445 e. The Kier molecular flexibility index (Phi) is 6.04. The number of piperazine rings is 1. The predicted octanol–water partition coefficient (Wildman–Crippen LogP) is 4.10. The van der Waals surface area contributed by atoms with Crippen molar-refractivity contribution in [2.75, 3.05) is 31.1 Å². The first-order valence-electron chi connectivity index (χ1n) is 8.56. The third kappa shape index (κ3) is 4.88. The van der Waals surface area contributed by atoms with E-state index < -0.39 is 17.8 Å². The van der Waals surface area contributed by atoms with Gasteiger partial charge in [-0.1, -0.05) is 23.5 Å². The predicted molar refractivity (Wildman–Crippen MR) is 94.9 cm³/mol. The number of nitrogens with zero attached hydrogens (tertiary/aromatic N) is 4. The van der Waals surface area contributed by atoms with Gasteiger partial charge in [-0.25, -0.2) is 0 Å². The molecule has 3 rings (SSSR count). The highest BCUT2D eigenvalue weighted by molar-refractivity contribution is 7.15. The van der Waals surface area contributed by atoms with Gasteiger partial charge in [0.15, 0.2) is 0 Å². The Morgan fingerprint density at radius 2 is 1.68 bits per heavy atom. The normalized spacial score (nSPS) is 16.1. The number of benzene rings is 1. The molecule has 0 bridgehead atoms. The lowest BCUT2D eigenvalue weighted by molar-refractivity contribution is -0.138. The van der Waals surface area contributed by atoms with E-state index >= 15 is 0 Å². The number of halogens is 5. The smallest absolute Gasteiger partial charge is 0.434 e. The van der Waals surface area contributed by atoms with Crippen LogP contribution in [0.5, 0.6) is 5.75 Å². The zero-order valence-corrected chi connectivity index (χ0v) is 16.1. The van der Waals surface area contributed by atoms with Gasteiger partial charge in [-0.15, -0.1) is 10.2 Å². The lowest BCUT2D eigenvalue weighted by Gasteiger charge is -2.34. The van der Waals surface area contributed by atoms with Crippen LogP contribution >= 0.6 is 11.3 Å². The van der Waals surface area contributed by atoms with Gasteiger partial charge in [0.25, 0.3) is 0 Å². The standard InChI is InChI=1S/C17H19F5N4OS/c1-10-7-12(8-11(2)13(10)27-15(18)19)9-25-3-5-26(6-4-25)16-24-23-14(28-16)17(20,21)22/h7-8,15H,3-6,9H2,1-2H3. The molecule has 0 N–H and O–H groups in total. The van der Waals surface area contributed by atoms with Gasteiger partial charge in [0.2, 0.25) is 10.1 Å². The van der Waals surface area contributed by atoms with E-state index in [-0.39, 0.29) is 10.9 Å². The second kappa shape index (κ2) is 8.16. The molecule has 2 aromatic rings. The van der Waals surface area contributed by atoms with Crippen LogP contribution in [0.2, 0.25) is 0 Å². The fraction of sp³-hybridized carbons (Fsp3) is 0.529. The summed E-state index contributed by atoms with van der Waals surface area (Å²) in [5, 5.41) is 6.20. The Morgan fingerprint density at radius 1 is 1.07 bits per heavy atom. The maximum atomic E-state index is 12.7. The van der Waals surface area contributed by atoms with E-state index in [0.29, 0.717) is 55.2 Å². The molecule has 0 aliphatic carbocycles. The molecule has 0 unspecified atom stereocenters. The van der Waals surface area contributed by atoms with Crippen molar-refractivity contribution in [3.63, 3.8) is 0 Å². The number of anilines is 1. The van der Waals surface area contributed by atoms with Crippen LogP contribution in [0, 0.1) is 13.8 Å². The summed E-state index contributed by atoms with van der Waals surface area (Å²) in [6.45, 7) is 3.57. The van der Waals surface area contributed by atoms with Crippen LogP contribution in [0.15, 0.2) is 12.1 Å². The molecular weight excluding hydrogens is 403 g/mol. The van der Waals surface area contributed by atoms with E-state index in [1.54, 1.807) is 18.7 Å². The van der Waals surface area contributed by atoms with Crippen molar-refractivity contribution in [3.8, 4) is 5.75 Å². The molecule has 11 heteroatoms. The molecule has 0 radical (unpaired) electrons. The first-order chi connectivity index (χ1) is 13.1. The van der Waals surface area contributed by atoms with Crippen molar-refractivity contribution >= 4 is 16.5 Å². The van der Waals surface area contributed by atoms with E-state index in [0.717, 1.165) is 5.56 Å². The maximum absolute atomic E-state index is 12.7. The highest BCUT2D eigenvalue weighted by Crippen LogP contribution is 2.34. The molecule has 1 aromatic carbocycles. The minimum Gasteiger partial charge on any atom is -0.434 e. The van der Waals surface area contributed by atoms with Gasteiger partial charge in [0, 0.05) is 32.7 Å². The summed E-state index contributed by atoms with van der Waals surface area (Å²) in [5.41, 5.74) is 2.25. The van der Waals surface area contributed by atoms with Crippen LogP contribution in [-0.2, 0) is 12.7 Å². The summed E-state index contributed by atoms with van der Waals surface area (Å²) < 4.78 is 67.5. The van der Waals surface area contributed by atoms with Crippen LogP contribution in [-0.4, -0.2) is 47.9 Å². The van der Waals surface area contributed by atoms with E-state index in [1.165, 1.54) is 0 Å². The molecule has 28 heavy (non-hydrogen) atoms. The monoisotopic (exact) mass is 422 g/mol. The number of hydrogen-bond donors (Lipinski definition) is 0. The summed E-state index contributed by atoms with van der Waals surface area (Å²) >= 11 is 0.547. The van der Waals surface area contributed by atoms with Crippen molar-refractivity contribution < 1.29 is 26.7 Å². The Balaban J connectivity index is 1.59. The first kappa shape index (κ1) is 20.7. The van der Waals surface area contributed by atoms with Crippen molar-refractivity contribution in [1.82, 2.24) is 15.1 Å². The minimum absolute atomic E-state index is 0.195. The maximum Gasteiger partial charge on any atom is 0.445 e. The summed E-state index contributed by atoms with van der Waals surface area (Å²) in [6.07, 6.45) is -4.48. The number of rotatable bonds is 5. The third-order valence-corrected chi connectivity index (χ3v) is 5.46. The van der Waals surface area contributed by atoms with Gasteiger partial charge in [-0.2, -0.15) is 22.0 Å². The Hall–Kier alpha value is -2.01. The lowest BCUT2D eigenvalue weighted by Crippen LogP contribution is -2.46. The second-order valence-electron chi connectivity index (χ2n) is 6.59. The molecule has 1 fully saturated rings. The second-order valence-corrected chi connectivity index (χ2v) is 7.54. The molecule has 1 aromatic heterocycles. The molecule has 0 atom stereocenters. The number of aromatic nitrogens is 2. The minimum atomic E-state index is -4.48. The molecular formula is C17H19F5N4OS. The first-order valence-corrected chi connectivity index (χ1v) is 9.38. The van der Waals surface area contributed by atoms with E-state index in [4.69, 9.17) is 0 Å². The van der Waals surface area contributed by atoms with Gasteiger partial charge in [0.1, 0.15) is 5.75 Å². The molecule has 0 amide bonds. The quantitative estimate of drug-likeness (QED) is 0.679. The molecule has 1 saturated heterocycles. The highest BCUT2D eigenvalue weighted by atomic mass is 32.1. The SMILES string of the molecule is Cc1cc(CN2CCN(c3nnc(C(F)(F)F)s3)CC2)cc(C)c1OC(F)F. The average molecular weight is 422 g/mol. The summed E-state index contributed by atoms with van der Waals surface area (Å²) in [7, 11) is 0. The summed E-state index contributed by atoms with van der Waals surface area (Å²) in [4.78, 5) is 3.95. The molecule has 1 aliphatic rings. The molecule has 154 valence electrons. The van der Waals surface area contributed by atoms with E-state index in [2.05, 4.69) is 19.8 Å². The molecule has 0 spiro atoms. The fourth-order valence-corrected chi connectivity index (χ4v) is 3.98. The van der Waals surface area contributed by atoms with Crippen LogP contribution < -0.4 is 9.64 Å². The molecule has 5 nitrogen and oxygen atoms in total. The molecule has 1 aliphatic heterocycles. The highest BCUT2D eigenvalue weighted by Gasteiger charge is 2.36. The average Bonchev–Trinajstić information content (AvgIpc) is 3.09. The summed E-state index contributed by atoms with van der Waals surface area (Å²) in [6, 6.07) is 3.63. The fourth-order valence-electron chi connectivity index (χ4n) is 3.22. The topological polar surface area (TPSA) is 41.5 Å². The number of ether oxygens (including phenoxy) is 1. The zero-order valence-electron chi connectivity index (χ0n) is 15.3. The van der Waals surface area contributed by atoms with Crippen molar-refractivity contribution in [3.05, 3.63) is 33.8 Å². The van der Waals surface area contributed by atoms with Crippen LogP contribution in [0.4, 0.5) is 27.1 Å².